The van der Waals surface area contributed by atoms with Crippen LogP contribution >= 0.6 is 0 Å². The van der Waals surface area contributed by atoms with Gasteiger partial charge < -0.3 is 15.3 Å². The summed E-state index contributed by atoms with van der Waals surface area (Å²) in [6.45, 7) is 3.96. The van der Waals surface area contributed by atoms with Crippen LogP contribution in [0.25, 0.3) is 0 Å². The summed E-state index contributed by atoms with van der Waals surface area (Å²) in [6, 6.07) is 1.34. The number of hydrogen-bond donors (Lipinski definition) is 2. The Morgan fingerprint density at radius 1 is 1.20 bits per heavy atom. The first-order chi connectivity index (χ1) is 9.40. The van der Waals surface area contributed by atoms with Gasteiger partial charge in [0.25, 0.3) is 0 Å². The van der Waals surface area contributed by atoms with E-state index in [1.54, 1.807) is 13.8 Å². The molecule has 20 heavy (non-hydrogen) atoms. The normalized spacial score (nSPS) is 32.6. The Morgan fingerprint density at radius 2 is 1.75 bits per heavy atom. The van der Waals surface area contributed by atoms with E-state index in [0.717, 1.165) is 12.8 Å². The van der Waals surface area contributed by atoms with Gasteiger partial charge in [-0.1, -0.05) is 13.8 Å². The highest BCUT2D eigenvalue weighted by molar-refractivity contribution is 5.84. The zero-order valence-electron chi connectivity index (χ0n) is 12.6. The second-order valence-corrected chi connectivity index (χ2v) is 6.55. The minimum absolute atomic E-state index is 0.133. The number of carboxylic acids is 1. The molecule has 2 N–H and O–H groups in total. The second kappa shape index (κ2) is 6.12. The molecular formula is C15H26N2O3. The van der Waals surface area contributed by atoms with Crippen molar-refractivity contribution in [2.45, 2.75) is 51.6 Å². The molecule has 2 saturated heterocycles. The molecule has 0 aliphatic carbocycles. The van der Waals surface area contributed by atoms with Crippen LogP contribution in [0.4, 0.5) is 0 Å². The minimum Gasteiger partial charge on any atom is -0.481 e. The summed E-state index contributed by atoms with van der Waals surface area (Å²) in [5.74, 6) is -1.62. The van der Waals surface area contributed by atoms with Crippen molar-refractivity contribution in [1.82, 2.24) is 10.2 Å². The molecule has 0 spiro atoms. The van der Waals surface area contributed by atoms with Crippen molar-refractivity contribution in [3.05, 3.63) is 0 Å². The lowest BCUT2D eigenvalue weighted by Gasteiger charge is -2.36. The predicted molar refractivity (Wildman–Crippen MR) is 76.3 cm³/mol. The number of nitrogens with zero attached hydrogens (tertiary/aromatic N) is 1. The summed E-state index contributed by atoms with van der Waals surface area (Å²) >= 11 is 0. The number of carboxylic acid groups (broad SMARTS) is 1. The molecule has 4 unspecified atom stereocenters. The van der Waals surface area contributed by atoms with Gasteiger partial charge >= 0.3 is 5.97 Å². The highest BCUT2D eigenvalue weighted by Crippen LogP contribution is 2.37. The summed E-state index contributed by atoms with van der Waals surface area (Å²) in [5, 5.41) is 11.9. The van der Waals surface area contributed by atoms with Crippen LogP contribution in [-0.2, 0) is 9.59 Å². The van der Waals surface area contributed by atoms with Crippen molar-refractivity contribution in [3.8, 4) is 0 Å². The lowest BCUT2D eigenvalue weighted by atomic mass is 9.90. The zero-order chi connectivity index (χ0) is 14.9. The van der Waals surface area contributed by atoms with E-state index >= 15 is 0 Å². The Bertz CT molecular complexity index is 371. The molecule has 0 radical (unpaired) electrons. The Labute approximate surface area is 120 Å². The maximum Gasteiger partial charge on any atom is 0.307 e. The van der Waals surface area contributed by atoms with E-state index in [1.165, 1.54) is 12.8 Å². The van der Waals surface area contributed by atoms with Crippen LogP contribution in [0.2, 0.25) is 0 Å². The number of hydrogen-bond acceptors (Lipinski definition) is 3. The summed E-state index contributed by atoms with van der Waals surface area (Å²) in [5.41, 5.74) is 0. The van der Waals surface area contributed by atoms with Gasteiger partial charge in [0, 0.05) is 24.5 Å². The summed E-state index contributed by atoms with van der Waals surface area (Å²) in [4.78, 5) is 25.4. The first-order valence-corrected chi connectivity index (χ1v) is 7.62. The molecule has 0 aromatic carbocycles. The van der Waals surface area contributed by atoms with Crippen molar-refractivity contribution < 1.29 is 14.7 Å². The van der Waals surface area contributed by atoms with E-state index in [2.05, 4.69) is 17.3 Å². The Kier molecular flexibility index (Phi) is 4.68. The van der Waals surface area contributed by atoms with Gasteiger partial charge in [-0.15, -0.1) is 0 Å². The SMILES string of the molecule is CC(C(=O)O)C(C)C(=O)NCC1CC2CCC(C1)N2C. The molecule has 2 rings (SSSR count). The van der Waals surface area contributed by atoms with Gasteiger partial charge in [-0.05, 0) is 38.6 Å². The Morgan fingerprint density at radius 3 is 2.25 bits per heavy atom. The van der Waals surface area contributed by atoms with Crippen LogP contribution in [0.1, 0.15) is 39.5 Å². The molecule has 1 amide bonds. The molecular weight excluding hydrogens is 256 g/mol. The Hall–Kier alpha value is -1.10. The van der Waals surface area contributed by atoms with Crippen LogP contribution in [0.3, 0.4) is 0 Å². The number of carbonyl (C=O) groups excluding carboxylic acids is 1. The van der Waals surface area contributed by atoms with Crippen molar-refractivity contribution >= 4 is 11.9 Å². The number of nitrogens with one attached hydrogen (secondary N) is 1. The predicted octanol–water partition coefficient (Wildman–Crippen LogP) is 1.33. The fourth-order valence-corrected chi connectivity index (χ4v) is 3.54. The smallest absolute Gasteiger partial charge is 0.307 e. The molecule has 4 atom stereocenters. The Balaban J connectivity index is 1.78. The number of piperidine rings is 1. The molecule has 2 heterocycles. The minimum atomic E-state index is -0.912. The zero-order valence-corrected chi connectivity index (χ0v) is 12.6. The van der Waals surface area contributed by atoms with E-state index in [0.29, 0.717) is 24.5 Å². The van der Waals surface area contributed by atoms with Crippen LogP contribution in [-0.4, -0.2) is 47.6 Å². The number of amides is 1. The van der Waals surface area contributed by atoms with Gasteiger partial charge in [-0.25, -0.2) is 0 Å². The number of aliphatic carboxylic acids is 1. The highest BCUT2D eigenvalue weighted by Gasteiger charge is 2.38. The topological polar surface area (TPSA) is 69.6 Å². The van der Waals surface area contributed by atoms with Crippen LogP contribution in [0.15, 0.2) is 0 Å². The first-order valence-electron chi connectivity index (χ1n) is 7.62. The quantitative estimate of drug-likeness (QED) is 0.798. The third kappa shape index (κ3) is 3.14. The van der Waals surface area contributed by atoms with Gasteiger partial charge in [-0.3, -0.25) is 9.59 Å². The van der Waals surface area contributed by atoms with E-state index in [-0.39, 0.29) is 5.91 Å². The maximum absolute atomic E-state index is 12.0. The van der Waals surface area contributed by atoms with E-state index in [9.17, 15) is 9.59 Å². The van der Waals surface area contributed by atoms with Crippen molar-refractivity contribution in [1.29, 1.82) is 0 Å². The largest absolute Gasteiger partial charge is 0.481 e. The van der Waals surface area contributed by atoms with Gasteiger partial charge in [0.05, 0.1) is 5.92 Å². The maximum atomic E-state index is 12.0. The standard InChI is InChI=1S/C15H26N2O3/c1-9(10(2)15(19)20)14(18)16-8-11-6-12-4-5-13(7-11)17(12)3/h9-13H,4-8H2,1-3H3,(H,16,18)(H,19,20). The van der Waals surface area contributed by atoms with Crippen LogP contribution in [0.5, 0.6) is 0 Å². The third-order valence-corrected chi connectivity index (χ3v) is 5.31. The van der Waals surface area contributed by atoms with Gasteiger partial charge in [-0.2, -0.15) is 0 Å². The fraction of sp³-hybridized carbons (Fsp3) is 0.867. The van der Waals surface area contributed by atoms with Gasteiger partial charge in [0.15, 0.2) is 0 Å². The second-order valence-electron chi connectivity index (χ2n) is 6.55. The van der Waals surface area contributed by atoms with Crippen LogP contribution in [0, 0.1) is 17.8 Å². The van der Waals surface area contributed by atoms with E-state index in [1.807, 2.05) is 0 Å². The van der Waals surface area contributed by atoms with Crippen molar-refractivity contribution in [3.63, 3.8) is 0 Å². The monoisotopic (exact) mass is 282 g/mol. The summed E-state index contributed by atoms with van der Waals surface area (Å²) < 4.78 is 0. The molecule has 5 heteroatoms. The molecule has 2 aliphatic heterocycles. The lowest BCUT2D eigenvalue weighted by Crippen LogP contribution is -2.44. The lowest BCUT2D eigenvalue weighted by molar-refractivity contribution is -0.146. The summed E-state index contributed by atoms with van der Waals surface area (Å²) in [7, 11) is 2.20. The number of rotatable bonds is 5. The average molecular weight is 282 g/mol. The fourth-order valence-electron chi connectivity index (χ4n) is 3.54. The van der Waals surface area contributed by atoms with Crippen molar-refractivity contribution in [2.75, 3.05) is 13.6 Å². The summed E-state index contributed by atoms with van der Waals surface area (Å²) in [6.07, 6.45) is 4.85. The van der Waals surface area contributed by atoms with Gasteiger partial charge in [0.2, 0.25) is 5.91 Å². The van der Waals surface area contributed by atoms with Crippen molar-refractivity contribution in [2.24, 2.45) is 17.8 Å². The van der Waals surface area contributed by atoms with Gasteiger partial charge in [0.1, 0.15) is 0 Å². The molecule has 0 aromatic rings. The van der Waals surface area contributed by atoms with E-state index < -0.39 is 17.8 Å². The third-order valence-electron chi connectivity index (χ3n) is 5.31. The highest BCUT2D eigenvalue weighted by atomic mass is 16.4. The molecule has 2 aliphatic rings. The molecule has 114 valence electrons. The molecule has 2 bridgehead atoms. The van der Waals surface area contributed by atoms with Crippen LogP contribution < -0.4 is 5.32 Å². The first kappa shape index (κ1) is 15.3. The molecule has 5 nitrogen and oxygen atoms in total. The average Bonchev–Trinajstić information content (AvgIpc) is 2.66. The molecule has 2 fully saturated rings. The molecule has 0 saturated carbocycles. The number of carbonyl (C=O) groups is 2. The molecule has 0 aromatic heterocycles. The number of fused-ring (bicyclic) bond motifs is 2. The van der Waals surface area contributed by atoms with E-state index in [4.69, 9.17) is 5.11 Å².